The number of benzene rings is 1. The molecule has 8 heteroatoms. The van der Waals surface area contributed by atoms with Crippen molar-refractivity contribution in [2.75, 3.05) is 19.7 Å². The van der Waals surface area contributed by atoms with E-state index in [2.05, 4.69) is 5.32 Å². The van der Waals surface area contributed by atoms with Gasteiger partial charge in [-0.15, -0.1) is 11.3 Å². The maximum absolute atomic E-state index is 12.5. The number of amides is 1. The summed E-state index contributed by atoms with van der Waals surface area (Å²) < 4.78 is 32.6. The van der Waals surface area contributed by atoms with Gasteiger partial charge in [0.15, 0.2) is 0 Å². The molecule has 0 radical (unpaired) electrons. The average molecular weight is 423 g/mol. The Labute approximate surface area is 170 Å². The summed E-state index contributed by atoms with van der Waals surface area (Å²) in [6.45, 7) is 4.02. The Balaban J connectivity index is 1.39. The Hall–Kier alpha value is -1.90. The molecule has 0 spiro atoms. The Kier molecular flexibility index (Phi) is 7.09. The molecule has 1 aliphatic heterocycles. The van der Waals surface area contributed by atoms with Crippen molar-refractivity contribution in [2.24, 2.45) is 0 Å². The lowest BCUT2D eigenvalue weighted by molar-refractivity contribution is -0.121. The van der Waals surface area contributed by atoms with Crippen LogP contribution >= 0.6 is 11.3 Å². The molecule has 1 fully saturated rings. The van der Waals surface area contributed by atoms with E-state index in [1.165, 1.54) is 15.6 Å². The number of hydrogen-bond acceptors (Lipinski definition) is 5. The molecule has 0 aliphatic carbocycles. The topological polar surface area (TPSA) is 75.7 Å². The van der Waals surface area contributed by atoms with Gasteiger partial charge in [0.1, 0.15) is 9.96 Å². The number of rotatable bonds is 9. The number of nitrogens with one attached hydrogen (secondary N) is 1. The molecule has 1 aromatic heterocycles. The summed E-state index contributed by atoms with van der Waals surface area (Å²) in [6, 6.07) is 11.2. The number of hydrogen-bond donors (Lipinski definition) is 1. The van der Waals surface area contributed by atoms with Gasteiger partial charge < -0.3 is 10.1 Å². The second-order valence-corrected chi connectivity index (χ2v) is 10.2. The summed E-state index contributed by atoms with van der Waals surface area (Å²) in [7, 11) is -3.38. The molecule has 2 heterocycles. The quantitative estimate of drug-likeness (QED) is 0.629. The maximum atomic E-state index is 12.5. The monoisotopic (exact) mass is 422 g/mol. The van der Waals surface area contributed by atoms with Crippen LogP contribution in [0, 0.1) is 6.92 Å². The van der Waals surface area contributed by atoms with E-state index >= 15 is 0 Å². The first-order chi connectivity index (χ1) is 13.4. The first kappa shape index (κ1) is 20.8. The zero-order valence-electron chi connectivity index (χ0n) is 16.0. The normalized spacial score (nSPS) is 14.9. The smallest absolute Gasteiger partial charge is 0.252 e. The molecule has 1 aromatic carbocycles. The lowest BCUT2D eigenvalue weighted by Crippen LogP contribution is -2.27. The van der Waals surface area contributed by atoms with Crippen LogP contribution in [0.1, 0.15) is 36.1 Å². The van der Waals surface area contributed by atoms with Gasteiger partial charge in [0, 0.05) is 24.4 Å². The Bertz CT molecular complexity index is 902. The number of nitrogens with zero attached hydrogens (tertiary/aromatic N) is 1. The summed E-state index contributed by atoms with van der Waals surface area (Å²) >= 11 is 1.23. The fourth-order valence-corrected chi connectivity index (χ4v) is 6.02. The largest absolute Gasteiger partial charge is 0.494 e. The van der Waals surface area contributed by atoms with Crippen LogP contribution in [0.3, 0.4) is 0 Å². The van der Waals surface area contributed by atoms with E-state index in [1.807, 2.05) is 31.2 Å². The number of ether oxygens (including phenoxy) is 1. The molecule has 0 atom stereocenters. The van der Waals surface area contributed by atoms with Crippen molar-refractivity contribution < 1.29 is 17.9 Å². The summed E-state index contributed by atoms with van der Waals surface area (Å²) in [5.41, 5.74) is 1.14. The van der Waals surface area contributed by atoms with Crippen molar-refractivity contribution in [3.05, 3.63) is 46.8 Å². The minimum Gasteiger partial charge on any atom is -0.494 e. The molecule has 3 rings (SSSR count). The van der Waals surface area contributed by atoms with E-state index in [0.717, 1.165) is 29.0 Å². The lowest BCUT2D eigenvalue weighted by atomic mass is 10.2. The zero-order chi connectivity index (χ0) is 20.0. The van der Waals surface area contributed by atoms with Crippen molar-refractivity contribution in [2.45, 2.75) is 43.4 Å². The number of thiophene rings is 1. The van der Waals surface area contributed by atoms with Crippen LogP contribution in [-0.4, -0.2) is 38.3 Å². The van der Waals surface area contributed by atoms with E-state index in [0.29, 0.717) is 43.3 Å². The van der Waals surface area contributed by atoms with Crippen LogP contribution in [0.5, 0.6) is 5.75 Å². The zero-order valence-corrected chi connectivity index (χ0v) is 17.7. The van der Waals surface area contributed by atoms with E-state index in [-0.39, 0.29) is 5.91 Å². The van der Waals surface area contributed by atoms with Gasteiger partial charge in [-0.05, 0) is 56.0 Å². The molecule has 6 nitrogen and oxygen atoms in total. The van der Waals surface area contributed by atoms with Gasteiger partial charge in [-0.1, -0.05) is 12.1 Å². The number of sulfonamides is 1. The third-order valence-corrected chi connectivity index (χ3v) is 8.01. The molecule has 0 bridgehead atoms. The Morgan fingerprint density at radius 3 is 2.75 bits per heavy atom. The number of aryl methyl sites for hydroxylation is 1. The molecule has 0 saturated carbocycles. The van der Waals surface area contributed by atoms with Gasteiger partial charge in [0.25, 0.3) is 10.0 Å². The third-order valence-electron chi connectivity index (χ3n) is 4.56. The fourth-order valence-electron chi connectivity index (χ4n) is 3.05. The predicted octanol–water partition coefficient (Wildman–Crippen LogP) is 3.32. The van der Waals surface area contributed by atoms with Crippen LogP contribution < -0.4 is 10.1 Å². The van der Waals surface area contributed by atoms with E-state index in [1.54, 1.807) is 12.1 Å². The number of carbonyl (C=O) groups excluding carboxylic acids is 1. The standard InChI is InChI=1S/C20H26N2O4S2/c1-16-6-4-7-17(14-16)26-13-5-8-19(23)21-15-18-9-10-20(27-18)28(24,25)22-11-2-3-12-22/h4,6-7,9-10,14H,2-3,5,8,11-13,15H2,1H3,(H,21,23). The molecule has 2 aromatic rings. The highest BCUT2D eigenvalue weighted by Crippen LogP contribution is 2.27. The molecular weight excluding hydrogens is 396 g/mol. The number of carbonyl (C=O) groups is 1. The minimum absolute atomic E-state index is 0.0646. The van der Waals surface area contributed by atoms with E-state index in [9.17, 15) is 13.2 Å². The lowest BCUT2D eigenvalue weighted by Gasteiger charge is -2.13. The Morgan fingerprint density at radius 2 is 2.00 bits per heavy atom. The van der Waals surface area contributed by atoms with Crippen LogP contribution in [0.15, 0.2) is 40.6 Å². The fraction of sp³-hybridized carbons (Fsp3) is 0.450. The highest BCUT2D eigenvalue weighted by atomic mass is 32.2. The summed E-state index contributed by atoms with van der Waals surface area (Å²) in [6.07, 6.45) is 2.83. The molecular formula is C20H26N2O4S2. The van der Waals surface area contributed by atoms with Crippen LogP contribution in [-0.2, 0) is 21.4 Å². The molecule has 28 heavy (non-hydrogen) atoms. The van der Waals surface area contributed by atoms with Crippen LogP contribution in [0.4, 0.5) is 0 Å². The second kappa shape index (κ2) is 9.54. The van der Waals surface area contributed by atoms with Crippen molar-refractivity contribution in [3.8, 4) is 5.75 Å². The van der Waals surface area contributed by atoms with Gasteiger partial charge in [0.05, 0.1) is 13.2 Å². The molecule has 1 saturated heterocycles. The highest BCUT2D eigenvalue weighted by molar-refractivity contribution is 7.91. The molecule has 1 N–H and O–H groups in total. The van der Waals surface area contributed by atoms with Crippen molar-refractivity contribution in [1.82, 2.24) is 9.62 Å². The van der Waals surface area contributed by atoms with Crippen LogP contribution in [0.25, 0.3) is 0 Å². The average Bonchev–Trinajstić information content (AvgIpc) is 3.36. The van der Waals surface area contributed by atoms with Gasteiger partial charge >= 0.3 is 0 Å². The van der Waals surface area contributed by atoms with Gasteiger partial charge in [-0.25, -0.2) is 8.42 Å². The Morgan fingerprint density at radius 1 is 1.21 bits per heavy atom. The minimum atomic E-state index is -3.38. The van der Waals surface area contributed by atoms with Crippen molar-refractivity contribution >= 4 is 27.3 Å². The predicted molar refractivity (Wildman–Crippen MR) is 110 cm³/mol. The SMILES string of the molecule is Cc1cccc(OCCCC(=O)NCc2ccc(S(=O)(=O)N3CCCC3)s2)c1. The molecule has 1 aliphatic rings. The first-order valence-corrected chi connectivity index (χ1v) is 11.8. The summed E-state index contributed by atoms with van der Waals surface area (Å²) in [5, 5.41) is 2.85. The maximum Gasteiger partial charge on any atom is 0.252 e. The van der Waals surface area contributed by atoms with Crippen molar-refractivity contribution in [3.63, 3.8) is 0 Å². The van der Waals surface area contributed by atoms with Gasteiger partial charge in [-0.2, -0.15) is 4.31 Å². The van der Waals surface area contributed by atoms with E-state index in [4.69, 9.17) is 4.74 Å². The summed E-state index contributed by atoms with van der Waals surface area (Å²) in [5.74, 6) is 0.746. The van der Waals surface area contributed by atoms with Gasteiger partial charge in [0.2, 0.25) is 5.91 Å². The van der Waals surface area contributed by atoms with Gasteiger partial charge in [-0.3, -0.25) is 4.79 Å². The molecule has 152 valence electrons. The second-order valence-electron chi connectivity index (χ2n) is 6.88. The van der Waals surface area contributed by atoms with Crippen molar-refractivity contribution in [1.29, 1.82) is 0 Å². The summed E-state index contributed by atoms with van der Waals surface area (Å²) in [4.78, 5) is 12.8. The molecule has 1 amide bonds. The first-order valence-electron chi connectivity index (χ1n) is 9.50. The third kappa shape index (κ3) is 5.56. The van der Waals surface area contributed by atoms with Crippen LogP contribution in [0.2, 0.25) is 0 Å². The highest BCUT2D eigenvalue weighted by Gasteiger charge is 2.28. The van der Waals surface area contributed by atoms with E-state index < -0.39 is 10.0 Å². The molecule has 0 unspecified atom stereocenters.